The molecule has 0 spiro atoms. The van der Waals surface area contributed by atoms with Crippen molar-refractivity contribution in [1.29, 1.82) is 0 Å². The molecule has 6 nitrogen and oxygen atoms in total. The lowest BCUT2D eigenvalue weighted by Crippen LogP contribution is -2.30. The Labute approximate surface area is 91.5 Å². The Balaban J connectivity index is 3.26. The zero-order chi connectivity index (χ0) is 12.7. The molecule has 0 unspecified atom stereocenters. The smallest absolute Gasteiger partial charge is 0.275 e. The Kier molecular flexibility index (Phi) is 2.68. The minimum atomic E-state index is -1.36. The van der Waals surface area contributed by atoms with Crippen molar-refractivity contribution in [2.45, 2.75) is 26.4 Å². The summed E-state index contributed by atoms with van der Waals surface area (Å²) in [6.07, 6.45) is 0. The number of hydrogen-bond donors (Lipinski definition) is 3. The van der Waals surface area contributed by atoms with Crippen molar-refractivity contribution in [1.82, 2.24) is 0 Å². The first-order valence-electron chi connectivity index (χ1n) is 4.49. The van der Waals surface area contributed by atoms with Crippen LogP contribution in [0.5, 0.6) is 0 Å². The van der Waals surface area contributed by atoms with E-state index in [1.807, 2.05) is 0 Å². The lowest BCUT2D eigenvalue weighted by atomic mass is 10.0. The van der Waals surface area contributed by atoms with Crippen LogP contribution in [0.15, 0.2) is 23.0 Å². The van der Waals surface area contributed by atoms with E-state index in [0.717, 1.165) is 0 Å². The SMILES string of the molecule is CC(C)(C)OC1=C(O)C(=O)C(=O)C(O)=C1O. The topological polar surface area (TPSA) is 104 Å². The molecule has 0 atom stereocenters. The molecule has 88 valence electrons. The molecular formula is C10H12O6. The predicted octanol–water partition coefficient (Wildman–Crippen LogP) is 1.05. The maximum atomic E-state index is 11.1. The van der Waals surface area contributed by atoms with Gasteiger partial charge in [0.25, 0.3) is 11.6 Å². The lowest BCUT2D eigenvalue weighted by molar-refractivity contribution is -0.136. The summed E-state index contributed by atoms with van der Waals surface area (Å²) in [5.74, 6) is -6.32. The van der Waals surface area contributed by atoms with Crippen molar-refractivity contribution in [2.75, 3.05) is 0 Å². The molecule has 0 heterocycles. The molecule has 0 radical (unpaired) electrons. The molecule has 0 amide bonds. The predicted molar refractivity (Wildman–Crippen MR) is 52.8 cm³/mol. The van der Waals surface area contributed by atoms with Gasteiger partial charge in [0, 0.05) is 0 Å². The number of aliphatic hydroxyl groups excluding tert-OH is 3. The van der Waals surface area contributed by atoms with Gasteiger partial charge >= 0.3 is 0 Å². The van der Waals surface area contributed by atoms with E-state index in [1.54, 1.807) is 20.8 Å². The van der Waals surface area contributed by atoms with Crippen LogP contribution in [0.4, 0.5) is 0 Å². The first kappa shape index (κ1) is 12.1. The third kappa shape index (κ3) is 2.00. The Hall–Kier alpha value is -1.98. The zero-order valence-electron chi connectivity index (χ0n) is 9.07. The molecule has 0 aromatic carbocycles. The van der Waals surface area contributed by atoms with Gasteiger partial charge in [-0.3, -0.25) is 9.59 Å². The van der Waals surface area contributed by atoms with E-state index in [9.17, 15) is 19.8 Å². The molecule has 0 aromatic heterocycles. The number of rotatable bonds is 1. The lowest BCUT2D eigenvalue weighted by Gasteiger charge is -2.25. The van der Waals surface area contributed by atoms with E-state index in [1.165, 1.54) is 0 Å². The summed E-state index contributed by atoms with van der Waals surface area (Å²) in [6, 6.07) is 0. The second-order valence-electron chi connectivity index (χ2n) is 4.25. The van der Waals surface area contributed by atoms with Gasteiger partial charge in [-0.05, 0) is 20.8 Å². The van der Waals surface area contributed by atoms with Gasteiger partial charge < -0.3 is 20.1 Å². The number of ether oxygens (including phenoxy) is 1. The van der Waals surface area contributed by atoms with E-state index in [2.05, 4.69) is 0 Å². The highest BCUT2D eigenvalue weighted by atomic mass is 16.5. The molecule has 0 bridgehead atoms. The van der Waals surface area contributed by atoms with Gasteiger partial charge in [0.05, 0.1) is 0 Å². The second-order valence-corrected chi connectivity index (χ2v) is 4.25. The fourth-order valence-electron chi connectivity index (χ4n) is 1.05. The van der Waals surface area contributed by atoms with Crippen LogP contribution < -0.4 is 0 Å². The van der Waals surface area contributed by atoms with Crippen LogP contribution in [0.1, 0.15) is 20.8 Å². The van der Waals surface area contributed by atoms with E-state index in [4.69, 9.17) is 9.84 Å². The molecule has 0 fully saturated rings. The number of ketones is 2. The van der Waals surface area contributed by atoms with Gasteiger partial charge in [-0.15, -0.1) is 0 Å². The molecule has 0 saturated carbocycles. The molecule has 3 N–H and O–H groups in total. The minimum Gasteiger partial charge on any atom is -0.501 e. The third-order valence-corrected chi connectivity index (χ3v) is 1.70. The van der Waals surface area contributed by atoms with Crippen LogP contribution in [-0.2, 0) is 14.3 Å². The van der Waals surface area contributed by atoms with Crippen LogP contribution in [-0.4, -0.2) is 32.5 Å². The molecule has 6 heteroatoms. The average molecular weight is 228 g/mol. The fraction of sp³-hybridized carbons (Fsp3) is 0.400. The highest BCUT2D eigenvalue weighted by molar-refractivity contribution is 6.48. The Morgan fingerprint density at radius 3 is 1.75 bits per heavy atom. The van der Waals surface area contributed by atoms with Crippen LogP contribution >= 0.6 is 0 Å². The number of Topliss-reactive ketones (excluding diaryl/α,β-unsaturated/α-hetero) is 2. The van der Waals surface area contributed by atoms with Crippen molar-refractivity contribution in [3.8, 4) is 0 Å². The van der Waals surface area contributed by atoms with Gasteiger partial charge in [-0.25, -0.2) is 0 Å². The highest BCUT2D eigenvalue weighted by Gasteiger charge is 2.38. The number of carbonyl (C=O) groups is 2. The van der Waals surface area contributed by atoms with Crippen LogP contribution in [0.3, 0.4) is 0 Å². The summed E-state index contributed by atoms with van der Waals surface area (Å²) in [5.41, 5.74) is -0.807. The van der Waals surface area contributed by atoms with Gasteiger partial charge in [-0.1, -0.05) is 0 Å². The normalized spacial score (nSPS) is 18.2. The Morgan fingerprint density at radius 1 is 0.875 bits per heavy atom. The van der Waals surface area contributed by atoms with Gasteiger partial charge in [0.2, 0.25) is 23.0 Å². The fourth-order valence-corrected chi connectivity index (χ4v) is 1.05. The second kappa shape index (κ2) is 3.55. The van der Waals surface area contributed by atoms with E-state index < -0.39 is 40.2 Å². The van der Waals surface area contributed by atoms with Crippen LogP contribution in [0.2, 0.25) is 0 Å². The largest absolute Gasteiger partial charge is 0.501 e. The number of aliphatic hydroxyl groups is 3. The van der Waals surface area contributed by atoms with E-state index in [0.29, 0.717) is 0 Å². The minimum absolute atomic E-state index is 0.588. The van der Waals surface area contributed by atoms with Crippen molar-refractivity contribution >= 4 is 11.6 Å². The van der Waals surface area contributed by atoms with Crippen LogP contribution in [0, 0.1) is 0 Å². The van der Waals surface area contributed by atoms with Gasteiger partial charge in [-0.2, -0.15) is 0 Å². The third-order valence-electron chi connectivity index (χ3n) is 1.70. The van der Waals surface area contributed by atoms with Crippen molar-refractivity contribution in [3.05, 3.63) is 23.0 Å². The number of allylic oxidation sites excluding steroid dienone is 2. The first-order chi connectivity index (χ1) is 7.15. The summed E-state index contributed by atoms with van der Waals surface area (Å²) in [6.45, 7) is 4.83. The summed E-state index contributed by atoms with van der Waals surface area (Å²) >= 11 is 0. The molecule has 0 aromatic rings. The Morgan fingerprint density at radius 2 is 1.31 bits per heavy atom. The van der Waals surface area contributed by atoms with Crippen molar-refractivity contribution in [2.24, 2.45) is 0 Å². The molecule has 1 aliphatic carbocycles. The molecule has 1 rings (SSSR count). The first-order valence-corrected chi connectivity index (χ1v) is 4.49. The quantitative estimate of drug-likeness (QED) is 0.457. The van der Waals surface area contributed by atoms with Crippen molar-refractivity contribution < 1.29 is 29.6 Å². The molecule has 0 saturated heterocycles. The molecule has 16 heavy (non-hydrogen) atoms. The summed E-state index contributed by atoms with van der Waals surface area (Å²) in [5, 5.41) is 27.8. The number of hydrogen-bond acceptors (Lipinski definition) is 6. The summed E-state index contributed by atoms with van der Waals surface area (Å²) in [4.78, 5) is 22.1. The molecular weight excluding hydrogens is 216 g/mol. The summed E-state index contributed by atoms with van der Waals surface area (Å²) < 4.78 is 5.08. The maximum Gasteiger partial charge on any atom is 0.275 e. The zero-order valence-corrected chi connectivity index (χ0v) is 9.07. The standard InChI is InChI=1S/C10H12O6/c1-10(2,3)16-9-7(14)5(12)4(11)6(13)8(9)15/h12,14-15H,1-3H3. The highest BCUT2D eigenvalue weighted by Crippen LogP contribution is 2.27. The maximum absolute atomic E-state index is 11.1. The van der Waals surface area contributed by atoms with E-state index in [-0.39, 0.29) is 0 Å². The molecule has 0 aliphatic heterocycles. The van der Waals surface area contributed by atoms with Gasteiger partial charge in [0.1, 0.15) is 5.60 Å². The van der Waals surface area contributed by atoms with Crippen LogP contribution in [0.25, 0.3) is 0 Å². The number of carbonyl (C=O) groups excluding carboxylic acids is 2. The monoisotopic (exact) mass is 228 g/mol. The van der Waals surface area contributed by atoms with E-state index >= 15 is 0 Å². The Bertz CT molecular complexity index is 421. The van der Waals surface area contributed by atoms with Crippen molar-refractivity contribution in [3.63, 3.8) is 0 Å². The average Bonchev–Trinajstić information content (AvgIpc) is 2.17. The van der Waals surface area contributed by atoms with Gasteiger partial charge in [0.15, 0.2) is 0 Å². The summed E-state index contributed by atoms with van der Waals surface area (Å²) in [7, 11) is 0. The molecule has 1 aliphatic rings.